The first kappa shape index (κ1) is 11.3. The molecule has 2 aromatic rings. The van der Waals surface area contributed by atoms with Gasteiger partial charge in [-0.05, 0) is 36.4 Å². The molecule has 88 valence electrons. The number of aromatic nitrogens is 1. The molecular formula is C13H14N2O2. The molecule has 4 heteroatoms. The van der Waals surface area contributed by atoms with Crippen molar-refractivity contribution in [3.8, 4) is 11.6 Å². The topological polar surface area (TPSA) is 57.4 Å². The molecule has 17 heavy (non-hydrogen) atoms. The SMILES string of the molecule is COc1ncccc1COc1ccc(N)cc1. The zero-order valence-electron chi connectivity index (χ0n) is 9.59. The average molecular weight is 230 g/mol. The fraction of sp³-hybridized carbons (Fsp3) is 0.154. The summed E-state index contributed by atoms with van der Waals surface area (Å²) >= 11 is 0. The summed E-state index contributed by atoms with van der Waals surface area (Å²) in [6, 6.07) is 11.0. The molecule has 0 unspecified atom stereocenters. The van der Waals surface area contributed by atoms with Gasteiger partial charge in [0, 0.05) is 11.9 Å². The van der Waals surface area contributed by atoms with Gasteiger partial charge in [-0.15, -0.1) is 0 Å². The number of nitrogen functional groups attached to an aromatic ring is 1. The van der Waals surface area contributed by atoms with Gasteiger partial charge in [-0.1, -0.05) is 0 Å². The zero-order chi connectivity index (χ0) is 12.1. The van der Waals surface area contributed by atoms with Crippen LogP contribution in [0.2, 0.25) is 0 Å². The Morgan fingerprint density at radius 2 is 1.94 bits per heavy atom. The van der Waals surface area contributed by atoms with E-state index in [2.05, 4.69) is 4.98 Å². The molecule has 0 aliphatic carbocycles. The first-order valence-electron chi connectivity index (χ1n) is 5.26. The van der Waals surface area contributed by atoms with Gasteiger partial charge in [0.05, 0.1) is 12.7 Å². The van der Waals surface area contributed by atoms with Gasteiger partial charge in [-0.2, -0.15) is 0 Å². The van der Waals surface area contributed by atoms with E-state index in [1.165, 1.54) is 0 Å². The molecule has 0 radical (unpaired) electrons. The molecular weight excluding hydrogens is 216 g/mol. The highest BCUT2D eigenvalue weighted by Gasteiger charge is 2.03. The second-order valence-corrected chi connectivity index (χ2v) is 3.53. The van der Waals surface area contributed by atoms with Crippen molar-refractivity contribution < 1.29 is 9.47 Å². The van der Waals surface area contributed by atoms with Gasteiger partial charge in [0.15, 0.2) is 0 Å². The Kier molecular flexibility index (Phi) is 3.45. The maximum Gasteiger partial charge on any atom is 0.219 e. The van der Waals surface area contributed by atoms with Crippen molar-refractivity contribution in [2.24, 2.45) is 0 Å². The van der Waals surface area contributed by atoms with Crippen molar-refractivity contribution in [2.75, 3.05) is 12.8 Å². The number of hydrogen-bond donors (Lipinski definition) is 1. The monoisotopic (exact) mass is 230 g/mol. The third-order valence-electron chi connectivity index (χ3n) is 2.32. The molecule has 0 saturated carbocycles. The molecule has 0 bridgehead atoms. The fourth-order valence-corrected chi connectivity index (χ4v) is 1.44. The molecule has 0 aliphatic heterocycles. The molecule has 0 saturated heterocycles. The van der Waals surface area contributed by atoms with Crippen LogP contribution in [0.4, 0.5) is 5.69 Å². The normalized spacial score (nSPS) is 9.94. The lowest BCUT2D eigenvalue weighted by molar-refractivity contribution is 0.294. The van der Waals surface area contributed by atoms with Crippen LogP contribution in [0.5, 0.6) is 11.6 Å². The quantitative estimate of drug-likeness (QED) is 0.818. The summed E-state index contributed by atoms with van der Waals surface area (Å²) < 4.78 is 10.8. The Balaban J connectivity index is 2.04. The minimum absolute atomic E-state index is 0.418. The molecule has 0 amide bonds. The molecule has 2 rings (SSSR count). The van der Waals surface area contributed by atoms with E-state index in [0.29, 0.717) is 12.5 Å². The van der Waals surface area contributed by atoms with E-state index in [0.717, 1.165) is 17.0 Å². The van der Waals surface area contributed by atoms with Crippen LogP contribution in [0, 0.1) is 0 Å². The van der Waals surface area contributed by atoms with Crippen molar-refractivity contribution in [1.82, 2.24) is 4.98 Å². The summed E-state index contributed by atoms with van der Waals surface area (Å²) in [5.74, 6) is 1.35. The van der Waals surface area contributed by atoms with Crippen molar-refractivity contribution in [1.29, 1.82) is 0 Å². The summed E-state index contributed by atoms with van der Waals surface area (Å²) in [6.45, 7) is 0.418. The van der Waals surface area contributed by atoms with Crippen LogP contribution in [0.1, 0.15) is 5.56 Å². The largest absolute Gasteiger partial charge is 0.489 e. The van der Waals surface area contributed by atoms with Gasteiger partial charge in [0.1, 0.15) is 12.4 Å². The lowest BCUT2D eigenvalue weighted by Crippen LogP contribution is -2.00. The minimum Gasteiger partial charge on any atom is -0.489 e. The number of nitrogens with zero attached hydrogens (tertiary/aromatic N) is 1. The van der Waals surface area contributed by atoms with E-state index in [1.807, 2.05) is 24.3 Å². The molecule has 4 nitrogen and oxygen atoms in total. The van der Waals surface area contributed by atoms with E-state index >= 15 is 0 Å². The van der Waals surface area contributed by atoms with Crippen LogP contribution in [0.25, 0.3) is 0 Å². The Morgan fingerprint density at radius 1 is 1.18 bits per heavy atom. The average Bonchev–Trinajstić information content (AvgIpc) is 2.38. The van der Waals surface area contributed by atoms with Crippen LogP contribution >= 0.6 is 0 Å². The van der Waals surface area contributed by atoms with Gasteiger partial charge < -0.3 is 15.2 Å². The van der Waals surface area contributed by atoms with Crippen LogP contribution in [0.3, 0.4) is 0 Å². The van der Waals surface area contributed by atoms with E-state index in [-0.39, 0.29) is 0 Å². The number of ether oxygens (including phenoxy) is 2. The highest BCUT2D eigenvalue weighted by molar-refractivity contribution is 5.41. The zero-order valence-corrected chi connectivity index (χ0v) is 9.59. The highest BCUT2D eigenvalue weighted by Crippen LogP contribution is 2.18. The molecule has 1 aromatic heterocycles. The van der Waals surface area contributed by atoms with Crippen molar-refractivity contribution in [3.05, 3.63) is 48.2 Å². The number of nitrogens with two attached hydrogens (primary N) is 1. The summed E-state index contributed by atoms with van der Waals surface area (Å²) in [7, 11) is 1.59. The first-order valence-corrected chi connectivity index (χ1v) is 5.26. The van der Waals surface area contributed by atoms with Crippen molar-refractivity contribution in [2.45, 2.75) is 6.61 Å². The van der Waals surface area contributed by atoms with Crippen molar-refractivity contribution in [3.63, 3.8) is 0 Å². The number of hydrogen-bond acceptors (Lipinski definition) is 4. The highest BCUT2D eigenvalue weighted by atomic mass is 16.5. The second kappa shape index (κ2) is 5.21. The number of rotatable bonds is 4. The molecule has 0 aliphatic rings. The lowest BCUT2D eigenvalue weighted by atomic mass is 10.3. The van der Waals surface area contributed by atoms with Crippen LogP contribution in [-0.4, -0.2) is 12.1 Å². The molecule has 0 spiro atoms. The maximum atomic E-state index is 5.61. The smallest absolute Gasteiger partial charge is 0.219 e. The summed E-state index contributed by atoms with van der Waals surface area (Å²) in [4.78, 5) is 4.10. The van der Waals surface area contributed by atoms with Gasteiger partial charge in [-0.25, -0.2) is 4.98 Å². The summed E-state index contributed by atoms with van der Waals surface area (Å²) in [5.41, 5.74) is 7.22. The van der Waals surface area contributed by atoms with E-state index in [1.54, 1.807) is 25.4 Å². The Bertz CT molecular complexity index is 483. The lowest BCUT2D eigenvalue weighted by Gasteiger charge is -2.09. The molecule has 0 fully saturated rings. The Labute approximate surface area is 100 Å². The molecule has 0 atom stereocenters. The Morgan fingerprint density at radius 3 is 2.65 bits per heavy atom. The number of benzene rings is 1. The van der Waals surface area contributed by atoms with Gasteiger partial charge in [-0.3, -0.25) is 0 Å². The maximum absolute atomic E-state index is 5.61. The van der Waals surface area contributed by atoms with E-state index in [4.69, 9.17) is 15.2 Å². The number of pyridine rings is 1. The van der Waals surface area contributed by atoms with Crippen LogP contribution in [0.15, 0.2) is 42.6 Å². The van der Waals surface area contributed by atoms with E-state index < -0.39 is 0 Å². The second-order valence-electron chi connectivity index (χ2n) is 3.53. The third-order valence-corrected chi connectivity index (χ3v) is 2.32. The van der Waals surface area contributed by atoms with E-state index in [9.17, 15) is 0 Å². The molecule has 1 heterocycles. The first-order chi connectivity index (χ1) is 8.29. The molecule has 2 N–H and O–H groups in total. The van der Waals surface area contributed by atoms with Crippen LogP contribution in [-0.2, 0) is 6.61 Å². The van der Waals surface area contributed by atoms with Gasteiger partial charge in [0.2, 0.25) is 5.88 Å². The number of anilines is 1. The predicted octanol–water partition coefficient (Wildman–Crippen LogP) is 2.25. The number of methoxy groups -OCH3 is 1. The minimum atomic E-state index is 0.418. The summed E-state index contributed by atoms with van der Waals surface area (Å²) in [5, 5.41) is 0. The van der Waals surface area contributed by atoms with Crippen LogP contribution < -0.4 is 15.2 Å². The van der Waals surface area contributed by atoms with Gasteiger partial charge >= 0.3 is 0 Å². The predicted molar refractivity (Wildman–Crippen MR) is 66.0 cm³/mol. The fourth-order valence-electron chi connectivity index (χ4n) is 1.44. The Hall–Kier alpha value is -2.23. The molecule has 1 aromatic carbocycles. The standard InChI is InChI=1S/C13H14N2O2/c1-16-13-10(3-2-8-15-13)9-17-12-6-4-11(14)5-7-12/h2-8H,9,14H2,1H3. The van der Waals surface area contributed by atoms with Crippen molar-refractivity contribution >= 4 is 5.69 Å². The summed E-state index contributed by atoms with van der Waals surface area (Å²) in [6.07, 6.45) is 1.69. The third kappa shape index (κ3) is 2.87. The van der Waals surface area contributed by atoms with Gasteiger partial charge in [0.25, 0.3) is 0 Å².